The Bertz CT molecular complexity index is 864. The normalized spacial score (nSPS) is 13.1. The molecule has 15 nitrogen and oxygen atoms in total. The van der Waals surface area contributed by atoms with E-state index < -0.39 is 11.8 Å². The summed E-state index contributed by atoms with van der Waals surface area (Å²) in [6.45, 7) is 14.5. The fourth-order valence-electron chi connectivity index (χ4n) is 3.69. The highest BCUT2D eigenvalue weighted by atomic mass is 16.6. The van der Waals surface area contributed by atoms with Crippen molar-refractivity contribution < 1.29 is 57.1 Å². The van der Waals surface area contributed by atoms with Crippen LogP contribution in [0.25, 0.3) is 0 Å². The predicted octanol–water partition coefficient (Wildman–Crippen LogP) is 0.493. The number of nitrogens with zero attached hydrogens (tertiary/aromatic N) is 1. The summed E-state index contributed by atoms with van der Waals surface area (Å²) in [4.78, 5) is 47.4. The van der Waals surface area contributed by atoms with Crippen molar-refractivity contribution in [3.63, 3.8) is 0 Å². The number of amides is 4. The second-order valence-corrected chi connectivity index (χ2v) is 11.6. The van der Waals surface area contributed by atoms with Crippen LogP contribution in [0.4, 0.5) is 0 Å². The van der Waals surface area contributed by atoms with Gasteiger partial charge < -0.3 is 48.5 Å². The minimum Gasteiger partial charge on any atom is -0.379 e. The second kappa shape index (κ2) is 28.5. The molecular formula is C32H57N3O12. The van der Waals surface area contributed by atoms with Crippen molar-refractivity contribution in [1.29, 1.82) is 0 Å². The molecule has 1 aliphatic heterocycles. The fraction of sp³-hybridized carbons (Fsp3) is 0.812. The van der Waals surface area contributed by atoms with Gasteiger partial charge in [-0.15, -0.1) is 0 Å². The van der Waals surface area contributed by atoms with Gasteiger partial charge in [0.05, 0.1) is 106 Å². The molecule has 47 heavy (non-hydrogen) atoms. The number of hydrogen-bond donors (Lipinski definition) is 2. The van der Waals surface area contributed by atoms with Gasteiger partial charge >= 0.3 is 0 Å². The molecule has 15 heteroatoms. The van der Waals surface area contributed by atoms with Crippen molar-refractivity contribution >= 4 is 23.6 Å². The van der Waals surface area contributed by atoms with Crippen LogP contribution in [-0.4, -0.2) is 154 Å². The van der Waals surface area contributed by atoms with Crippen LogP contribution in [0.3, 0.4) is 0 Å². The molecule has 0 aromatic heterocycles. The lowest BCUT2D eigenvalue weighted by atomic mass is 9.92. The van der Waals surface area contributed by atoms with E-state index in [0.29, 0.717) is 125 Å². The summed E-state index contributed by atoms with van der Waals surface area (Å²) in [7, 11) is 0. The predicted molar refractivity (Wildman–Crippen MR) is 172 cm³/mol. The molecule has 0 atom stereocenters. The van der Waals surface area contributed by atoms with Crippen molar-refractivity contribution in [2.45, 2.75) is 40.0 Å². The van der Waals surface area contributed by atoms with Crippen LogP contribution < -0.4 is 10.6 Å². The third-order valence-corrected chi connectivity index (χ3v) is 6.31. The Labute approximate surface area is 279 Å². The van der Waals surface area contributed by atoms with Gasteiger partial charge in [-0.3, -0.25) is 24.1 Å². The van der Waals surface area contributed by atoms with E-state index >= 15 is 0 Å². The van der Waals surface area contributed by atoms with Crippen molar-refractivity contribution in [2.24, 2.45) is 5.41 Å². The van der Waals surface area contributed by atoms with Crippen LogP contribution in [0.15, 0.2) is 12.2 Å². The first-order valence-corrected chi connectivity index (χ1v) is 16.4. The molecule has 0 saturated heterocycles. The van der Waals surface area contributed by atoms with E-state index in [4.69, 9.17) is 37.9 Å². The Balaban J connectivity index is 1.69. The third kappa shape index (κ3) is 27.2. The molecule has 0 spiro atoms. The zero-order valence-corrected chi connectivity index (χ0v) is 28.6. The van der Waals surface area contributed by atoms with Gasteiger partial charge in [0.15, 0.2) is 0 Å². The molecule has 0 bridgehead atoms. The lowest BCUT2D eigenvalue weighted by Gasteiger charge is -2.17. The Kier molecular flexibility index (Phi) is 25.8. The van der Waals surface area contributed by atoms with E-state index in [1.807, 2.05) is 0 Å². The highest BCUT2D eigenvalue weighted by Crippen LogP contribution is 2.16. The number of carbonyl (C=O) groups excluding carboxylic acids is 4. The Morgan fingerprint density at radius 1 is 0.532 bits per heavy atom. The van der Waals surface area contributed by atoms with Crippen molar-refractivity contribution in [2.75, 3.05) is 125 Å². The van der Waals surface area contributed by atoms with Crippen molar-refractivity contribution in [3.05, 3.63) is 12.2 Å². The number of imide groups is 1. The summed E-state index contributed by atoms with van der Waals surface area (Å²) in [5, 5.41) is 5.58. The highest BCUT2D eigenvalue weighted by molar-refractivity contribution is 6.13. The number of ether oxygens (including phenoxy) is 8. The van der Waals surface area contributed by atoms with E-state index in [9.17, 15) is 19.2 Å². The summed E-state index contributed by atoms with van der Waals surface area (Å²) in [5.41, 5.74) is 0.209. The van der Waals surface area contributed by atoms with Crippen LogP contribution in [0.1, 0.15) is 40.0 Å². The molecule has 272 valence electrons. The number of rotatable bonds is 32. The van der Waals surface area contributed by atoms with E-state index in [2.05, 4.69) is 31.4 Å². The van der Waals surface area contributed by atoms with Crippen LogP contribution >= 0.6 is 0 Å². The number of hydrogen-bond acceptors (Lipinski definition) is 12. The topological polar surface area (TPSA) is 169 Å². The first kappa shape index (κ1) is 42.5. The third-order valence-electron chi connectivity index (χ3n) is 6.31. The van der Waals surface area contributed by atoms with Gasteiger partial charge in [-0.05, 0) is 11.8 Å². The van der Waals surface area contributed by atoms with Crippen molar-refractivity contribution in [1.82, 2.24) is 15.5 Å². The zero-order valence-electron chi connectivity index (χ0n) is 28.6. The number of carbonyl (C=O) groups is 4. The summed E-state index contributed by atoms with van der Waals surface area (Å²) in [5.74, 6) is -1.04. The molecule has 0 aromatic rings. The Morgan fingerprint density at radius 2 is 0.872 bits per heavy atom. The molecule has 0 aromatic carbocycles. The lowest BCUT2D eigenvalue weighted by molar-refractivity contribution is -0.137. The summed E-state index contributed by atoms with van der Waals surface area (Å²) < 4.78 is 43.5. The molecule has 0 unspecified atom stereocenters. The Morgan fingerprint density at radius 3 is 1.28 bits per heavy atom. The van der Waals surface area contributed by atoms with Gasteiger partial charge in [0.1, 0.15) is 0 Å². The first-order valence-electron chi connectivity index (χ1n) is 16.4. The summed E-state index contributed by atoms with van der Waals surface area (Å²) in [6.07, 6.45) is 3.73. The quantitative estimate of drug-likeness (QED) is 0.0749. The molecule has 1 aliphatic rings. The van der Waals surface area contributed by atoms with Gasteiger partial charge in [0, 0.05) is 44.6 Å². The standard InChI is InChI=1S/C32H57N3O12/c1-32(2,3)8-9-33-29(37)7-12-40-14-16-42-18-20-44-22-24-46-26-27-47-25-23-45-21-19-43-17-15-41-13-10-34-28(36)6-11-35-30(38)4-5-31(35)39/h4-5H,6-27H2,1-3H3,(H,33,37)(H,34,36). The van der Waals surface area contributed by atoms with Gasteiger partial charge in [-0.1, -0.05) is 20.8 Å². The van der Waals surface area contributed by atoms with Gasteiger partial charge in [-0.25, -0.2) is 0 Å². The van der Waals surface area contributed by atoms with E-state index in [0.717, 1.165) is 11.3 Å². The molecule has 0 saturated carbocycles. The lowest BCUT2D eigenvalue weighted by Crippen LogP contribution is -2.35. The highest BCUT2D eigenvalue weighted by Gasteiger charge is 2.23. The molecule has 1 heterocycles. The minimum atomic E-state index is -0.398. The Hall–Kier alpha value is -2.50. The molecule has 1 rings (SSSR count). The SMILES string of the molecule is CC(C)(C)CCNC(=O)CCOCCOCCOCCOCCOCCOCCOCCOCCNC(=O)CCN1C(=O)C=CC1=O. The fourth-order valence-corrected chi connectivity index (χ4v) is 3.69. The summed E-state index contributed by atoms with van der Waals surface area (Å²) >= 11 is 0. The van der Waals surface area contributed by atoms with Crippen molar-refractivity contribution in [3.8, 4) is 0 Å². The van der Waals surface area contributed by atoms with Crippen LogP contribution in [-0.2, 0) is 57.1 Å². The molecular weight excluding hydrogens is 618 g/mol. The minimum absolute atomic E-state index is 0.00916. The maximum absolute atomic E-state index is 11.8. The smallest absolute Gasteiger partial charge is 0.253 e. The maximum Gasteiger partial charge on any atom is 0.253 e. The van der Waals surface area contributed by atoms with Crippen LogP contribution in [0.2, 0.25) is 0 Å². The van der Waals surface area contributed by atoms with E-state index in [-0.39, 0.29) is 30.2 Å². The van der Waals surface area contributed by atoms with Crippen LogP contribution in [0.5, 0.6) is 0 Å². The van der Waals surface area contributed by atoms with Gasteiger partial charge in [-0.2, -0.15) is 0 Å². The monoisotopic (exact) mass is 675 g/mol. The molecule has 0 fully saturated rings. The average Bonchev–Trinajstić information content (AvgIpc) is 3.35. The average molecular weight is 676 g/mol. The molecule has 0 radical (unpaired) electrons. The molecule has 2 N–H and O–H groups in total. The number of nitrogens with one attached hydrogen (secondary N) is 2. The first-order chi connectivity index (χ1) is 22.7. The van der Waals surface area contributed by atoms with E-state index in [1.54, 1.807) is 0 Å². The second-order valence-electron chi connectivity index (χ2n) is 11.6. The van der Waals surface area contributed by atoms with Crippen LogP contribution in [0, 0.1) is 5.41 Å². The maximum atomic E-state index is 11.8. The molecule has 4 amide bonds. The van der Waals surface area contributed by atoms with Gasteiger partial charge in [0.2, 0.25) is 11.8 Å². The van der Waals surface area contributed by atoms with E-state index in [1.165, 1.54) is 12.2 Å². The molecule has 0 aliphatic carbocycles. The zero-order chi connectivity index (χ0) is 34.4. The largest absolute Gasteiger partial charge is 0.379 e. The van der Waals surface area contributed by atoms with Gasteiger partial charge in [0.25, 0.3) is 11.8 Å². The summed E-state index contributed by atoms with van der Waals surface area (Å²) in [6, 6.07) is 0.